The van der Waals surface area contributed by atoms with Crippen LogP contribution in [0.1, 0.15) is 18.9 Å². The Hall–Kier alpha value is -2.28. The van der Waals surface area contributed by atoms with Gasteiger partial charge >= 0.3 is 5.97 Å². The molecule has 0 aromatic heterocycles. The van der Waals surface area contributed by atoms with Crippen LogP contribution in [-0.2, 0) is 16.0 Å². The van der Waals surface area contributed by atoms with E-state index in [2.05, 4.69) is 5.32 Å². The number of nitrogens with two attached hydrogens (primary N) is 1. The minimum Gasteiger partial charge on any atom is -0.504 e. The van der Waals surface area contributed by atoms with Crippen molar-refractivity contribution in [2.45, 2.75) is 31.8 Å². The summed E-state index contributed by atoms with van der Waals surface area (Å²) in [5, 5.41) is 30.0. The van der Waals surface area contributed by atoms with Gasteiger partial charge in [-0.2, -0.15) is 0 Å². The minimum absolute atomic E-state index is 0.0225. The minimum atomic E-state index is -1.20. The maximum absolute atomic E-state index is 11.6. The van der Waals surface area contributed by atoms with Crippen LogP contribution in [0.5, 0.6) is 11.5 Å². The number of rotatable bonds is 6. The lowest BCUT2D eigenvalue weighted by Crippen LogP contribution is -2.49. The maximum atomic E-state index is 11.6. The summed E-state index contributed by atoms with van der Waals surface area (Å²) in [5.74, 6) is -2.38. The Kier molecular flexibility index (Phi) is 5.33. The van der Waals surface area contributed by atoms with E-state index >= 15 is 0 Å². The van der Waals surface area contributed by atoms with Crippen LogP contribution in [0.25, 0.3) is 0 Å². The molecule has 0 saturated heterocycles. The van der Waals surface area contributed by atoms with E-state index in [1.54, 1.807) is 6.92 Å². The Morgan fingerprint density at radius 1 is 1.30 bits per heavy atom. The predicted octanol–water partition coefficient (Wildman–Crippen LogP) is -0.0530. The van der Waals surface area contributed by atoms with Crippen molar-refractivity contribution in [1.29, 1.82) is 0 Å². The zero-order valence-electron chi connectivity index (χ0n) is 11.0. The molecule has 0 fully saturated rings. The van der Waals surface area contributed by atoms with Crippen molar-refractivity contribution in [3.8, 4) is 11.5 Å². The molecule has 0 aliphatic rings. The molecule has 0 radical (unpaired) electrons. The molecular formula is C13H18N2O5. The highest BCUT2D eigenvalue weighted by molar-refractivity contribution is 5.86. The molecule has 0 saturated carbocycles. The topological polar surface area (TPSA) is 133 Å². The molecule has 1 aromatic carbocycles. The van der Waals surface area contributed by atoms with E-state index < -0.39 is 24.0 Å². The highest BCUT2D eigenvalue weighted by atomic mass is 16.4. The number of hydrogen-bond donors (Lipinski definition) is 5. The quantitative estimate of drug-likeness (QED) is 0.464. The van der Waals surface area contributed by atoms with Crippen molar-refractivity contribution in [1.82, 2.24) is 5.32 Å². The Labute approximate surface area is 116 Å². The molecule has 110 valence electrons. The second-order valence-corrected chi connectivity index (χ2v) is 4.44. The van der Waals surface area contributed by atoms with Crippen LogP contribution in [0.4, 0.5) is 0 Å². The van der Waals surface area contributed by atoms with Gasteiger partial charge in [0.1, 0.15) is 6.04 Å². The molecule has 0 aliphatic heterocycles. The number of aliphatic carboxylic acids is 1. The van der Waals surface area contributed by atoms with Crippen LogP contribution in [0.3, 0.4) is 0 Å². The predicted molar refractivity (Wildman–Crippen MR) is 71.3 cm³/mol. The van der Waals surface area contributed by atoms with Gasteiger partial charge in [0.2, 0.25) is 5.91 Å². The first-order chi connectivity index (χ1) is 9.35. The molecule has 2 atom stereocenters. The average Bonchev–Trinajstić information content (AvgIpc) is 2.40. The van der Waals surface area contributed by atoms with E-state index in [1.807, 2.05) is 0 Å². The van der Waals surface area contributed by atoms with Crippen LogP contribution in [0.2, 0.25) is 0 Å². The standard InChI is InChI=1S/C13H18N2O5/c1-2-8(14)12(18)15-9(13(19)20)5-7-3-4-10(16)11(17)6-7/h3-4,6,8-9,16-17H,2,5,14H2,1H3,(H,15,18)(H,19,20)/t8-,9-/m0/s1. The molecule has 0 spiro atoms. The maximum Gasteiger partial charge on any atom is 0.326 e. The molecule has 7 nitrogen and oxygen atoms in total. The number of carboxylic acids is 1. The molecule has 1 aromatic rings. The van der Waals surface area contributed by atoms with Gasteiger partial charge in [0.05, 0.1) is 6.04 Å². The number of nitrogens with one attached hydrogen (secondary N) is 1. The Morgan fingerprint density at radius 2 is 1.95 bits per heavy atom. The zero-order valence-corrected chi connectivity index (χ0v) is 11.0. The fraction of sp³-hybridized carbons (Fsp3) is 0.385. The number of carbonyl (C=O) groups is 2. The monoisotopic (exact) mass is 282 g/mol. The highest BCUT2D eigenvalue weighted by Crippen LogP contribution is 2.25. The lowest BCUT2D eigenvalue weighted by molar-refractivity contribution is -0.142. The molecule has 0 aliphatic carbocycles. The van der Waals surface area contributed by atoms with Gasteiger partial charge in [0.15, 0.2) is 11.5 Å². The van der Waals surface area contributed by atoms with E-state index in [-0.39, 0.29) is 17.9 Å². The molecule has 0 bridgehead atoms. The number of carboxylic acid groups (broad SMARTS) is 1. The molecule has 1 rings (SSSR count). The fourth-order valence-electron chi connectivity index (χ4n) is 1.60. The highest BCUT2D eigenvalue weighted by Gasteiger charge is 2.23. The molecule has 0 unspecified atom stereocenters. The third-order valence-electron chi connectivity index (χ3n) is 2.87. The van der Waals surface area contributed by atoms with Crippen molar-refractivity contribution in [3.63, 3.8) is 0 Å². The number of carbonyl (C=O) groups excluding carboxylic acids is 1. The SMILES string of the molecule is CC[C@H](N)C(=O)N[C@@H](Cc1ccc(O)c(O)c1)C(=O)O. The number of phenols is 2. The van der Waals surface area contributed by atoms with E-state index in [0.29, 0.717) is 12.0 Å². The first-order valence-corrected chi connectivity index (χ1v) is 6.14. The molecular weight excluding hydrogens is 264 g/mol. The molecule has 1 amide bonds. The van der Waals surface area contributed by atoms with Crippen molar-refractivity contribution in [2.75, 3.05) is 0 Å². The fourth-order valence-corrected chi connectivity index (χ4v) is 1.60. The van der Waals surface area contributed by atoms with Gasteiger partial charge in [0.25, 0.3) is 0 Å². The summed E-state index contributed by atoms with van der Waals surface area (Å²) < 4.78 is 0. The number of benzene rings is 1. The summed E-state index contributed by atoms with van der Waals surface area (Å²) in [5.41, 5.74) is 5.99. The largest absolute Gasteiger partial charge is 0.504 e. The lowest BCUT2D eigenvalue weighted by atomic mass is 10.0. The van der Waals surface area contributed by atoms with Crippen molar-refractivity contribution < 1.29 is 24.9 Å². The van der Waals surface area contributed by atoms with Crippen LogP contribution >= 0.6 is 0 Å². The van der Waals surface area contributed by atoms with Gasteiger partial charge in [-0.05, 0) is 24.1 Å². The van der Waals surface area contributed by atoms with Crippen LogP contribution < -0.4 is 11.1 Å². The van der Waals surface area contributed by atoms with Crippen LogP contribution in [-0.4, -0.2) is 39.3 Å². The summed E-state index contributed by atoms with van der Waals surface area (Å²) in [6.45, 7) is 1.72. The molecule has 7 heteroatoms. The second-order valence-electron chi connectivity index (χ2n) is 4.44. The zero-order chi connectivity index (χ0) is 15.3. The van der Waals surface area contributed by atoms with Crippen LogP contribution in [0, 0.1) is 0 Å². The van der Waals surface area contributed by atoms with E-state index in [0.717, 1.165) is 0 Å². The molecule has 20 heavy (non-hydrogen) atoms. The number of hydrogen-bond acceptors (Lipinski definition) is 5. The summed E-state index contributed by atoms with van der Waals surface area (Å²) in [6, 6.07) is 2.06. The van der Waals surface area contributed by atoms with E-state index in [9.17, 15) is 19.8 Å². The van der Waals surface area contributed by atoms with Gasteiger partial charge < -0.3 is 26.4 Å². The smallest absolute Gasteiger partial charge is 0.326 e. The van der Waals surface area contributed by atoms with Crippen molar-refractivity contribution in [2.24, 2.45) is 5.73 Å². The Morgan fingerprint density at radius 3 is 2.45 bits per heavy atom. The summed E-state index contributed by atoms with van der Waals surface area (Å²) in [6.07, 6.45) is 0.378. The molecule has 0 heterocycles. The third-order valence-corrected chi connectivity index (χ3v) is 2.87. The number of phenolic OH excluding ortho intramolecular Hbond substituents is 2. The average molecular weight is 282 g/mol. The molecule has 6 N–H and O–H groups in total. The normalized spacial score (nSPS) is 13.5. The van der Waals surface area contributed by atoms with E-state index in [1.165, 1.54) is 18.2 Å². The Bertz CT molecular complexity index is 504. The van der Waals surface area contributed by atoms with Crippen LogP contribution in [0.15, 0.2) is 18.2 Å². The Balaban J connectivity index is 2.79. The van der Waals surface area contributed by atoms with Crippen molar-refractivity contribution >= 4 is 11.9 Å². The number of aromatic hydroxyl groups is 2. The van der Waals surface area contributed by atoms with Gasteiger partial charge in [-0.3, -0.25) is 4.79 Å². The van der Waals surface area contributed by atoms with E-state index in [4.69, 9.17) is 10.8 Å². The second kappa shape index (κ2) is 6.76. The van der Waals surface area contributed by atoms with Crippen molar-refractivity contribution in [3.05, 3.63) is 23.8 Å². The first-order valence-electron chi connectivity index (χ1n) is 6.14. The van der Waals surface area contributed by atoms with Gasteiger partial charge in [0, 0.05) is 6.42 Å². The van der Waals surface area contributed by atoms with Gasteiger partial charge in [-0.1, -0.05) is 13.0 Å². The lowest BCUT2D eigenvalue weighted by Gasteiger charge is -2.17. The van der Waals surface area contributed by atoms with Gasteiger partial charge in [-0.25, -0.2) is 4.79 Å². The van der Waals surface area contributed by atoms with Gasteiger partial charge in [-0.15, -0.1) is 0 Å². The third kappa shape index (κ3) is 4.13. The summed E-state index contributed by atoms with van der Waals surface area (Å²) >= 11 is 0. The number of amides is 1. The summed E-state index contributed by atoms with van der Waals surface area (Å²) in [7, 11) is 0. The summed E-state index contributed by atoms with van der Waals surface area (Å²) in [4.78, 5) is 22.7. The first kappa shape index (κ1) is 15.8.